The summed E-state index contributed by atoms with van der Waals surface area (Å²) in [7, 11) is -1.30. The van der Waals surface area contributed by atoms with E-state index in [0.717, 1.165) is 13.1 Å². The van der Waals surface area contributed by atoms with E-state index >= 15 is 0 Å². The first-order chi connectivity index (χ1) is 8.35. The third kappa shape index (κ3) is 3.11. The van der Waals surface area contributed by atoms with Crippen LogP contribution in [-0.2, 0) is 15.6 Å². The van der Waals surface area contributed by atoms with Gasteiger partial charge in [0.2, 0.25) is 5.76 Å². The van der Waals surface area contributed by atoms with Gasteiger partial charge in [-0.1, -0.05) is 0 Å². The molecule has 0 saturated carbocycles. The Morgan fingerprint density at radius 3 is 2.67 bits per heavy atom. The number of hydrogen-bond donors (Lipinski definition) is 1. The Labute approximate surface area is 105 Å². The first-order valence-corrected chi connectivity index (χ1v) is 7.39. The van der Waals surface area contributed by atoms with Crippen LogP contribution in [-0.4, -0.2) is 50.3 Å². The quantitative estimate of drug-likeness (QED) is 0.838. The van der Waals surface area contributed by atoms with Crippen LogP contribution < -0.4 is 0 Å². The molecule has 2 heterocycles. The van der Waals surface area contributed by atoms with Gasteiger partial charge in [-0.25, -0.2) is 13.2 Å². The zero-order chi connectivity index (χ0) is 13.3. The lowest BCUT2D eigenvalue weighted by molar-refractivity contribution is 0.0660. The number of furan rings is 1. The van der Waals surface area contributed by atoms with Crippen LogP contribution in [0.1, 0.15) is 16.3 Å². The summed E-state index contributed by atoms with van der Waals surface area (Å²) in [5, 5.41) is 8.67. The summed E-state index contributed by atoms with van der Waals surface area (Å²) in [4.78, 5) is 12.7. The third-order valence-electron chi connectivity index (χ3n) is 2.86. The van der Waals surface area contributed by atoms with E-state index in [9.17, 15) is 13.2 Å². The lowest BCUT2D eigenvalue weighted by Crippen LogP contribution is -2.46. The molecule has 1 aliphatic rings. The zero-order valence-electron chi connectivity index (χ0n) is 10.00. The highest BCUT2D eigenvalue weighted by atomic mass is 32.2. The molecule has 0 aliphatic carbocycles. The molecule has 100 valence electrons. The number of carbonyl (C=O) groups is 1. The number of hydrogen-bond acceptors (Lipinski definition) is 5. The highest BCUT2D eigenvalue weighted by molar-refractivity contribution is 7.90. The molecule has 0 aromatic carbocycles. The van der Waals surface area contributed by atoms with Crippen molar-refractivity contribution in [2.45, 2.75) is 5.75 Å². The van der Waals surface area contributed by atoms with Gasteiger partial charge in [-0.3, -0.25) is 0 Å². The smallest absolute Gasteiger partial charge is 0.371 e. The van der Waals surface area contributed by atoms with Gasteiger partial charge in [0.25, 0.3) is 0 Å². The minimum absolute atomic E-state index is 0.125. The van der Waals surface area contributed by atoms with Gasteiger partial charge in [-0.15, -0.1) is 0 Å². The summed E-state index contributed by atoms with van der Waals surface area (Å²) in [6, 6.07) is 2.66. The Bertz CT molecular complexity index is 542. The molecule has 0 amide bonds. The number of carboxylic acids is 1. The average Bonchev–Trinajstić information content (AvgIpc) is 2.62. The van der Waals surface area contributed by atoms with E-state index < -0.39 is 15.8 Å². The van der Waals surface area contributed by atoms with E-state index in [1.165, 1.54) is 12.1 Å². The van der Waals surface area contributed by atoms with Gasteiger partial charge in [0.05, 0.1) is 5.75 Å². The summed E-state index contributed by atoms with van der Waals surface area (Å²) in [5.74, 6) is -1.18. The highest BCUT2D eigenvalue weighted by Crippen LogP contribution is 2.18. The van der Waals surface area contributed by atoms with E-state index in [1.54, 1.807) is 0 Å². The summed E-state index contributed by atoms with van der Waals surface area (Å²) >= 11 is 0. The van der Waals surface area contributed by atoms with Gasteiger partial charge in [-0.05, 0) is 25.1 Å². The Hall–Kier alpha value is -1.34. The van der Waals surface area contributed by atoms with Crippen molar-refractivity contribution in [3.63, 3.8) is 0 Å². The Balaban J connectivity index is 1.96. The zero-order valence-corrected chi connectivity index (χ0v) is 10.8. The van der Waals surface area contributed by atoms with Gasteiger partial charge < -0.3 is 14.4 Å². The van der Waals surface area contributed by atoms with Crippen LogP contribution in [0.3, 0.4) is 0 Å². The maximum Gasteiger partial charge on any atom is 0.371 e. The molecule has 1 N–H and O–H groups in total. The summed E-state index contributed by atoms with van der Waals surface area (Å²) in [6.07, 6.45) is 0. The molecule has 1 aromatic heterocycles. The SMILES string of the molecule is CN1CC(CS(=O)(=O)Cc2ccc(C(=O)O)o2)C1. The first-order valence-electron chi connectivity index (χ1n) is 5.57. The average molecular weight is 273 g/mol. The van der Waals surface area contributed by atoms with Crippen molar-refractivity contribution in [3.8, 4) is 0 Å². The number of likely N-dealkylation sites (tertiary alicyclic amines) is 1. The standard InChI is InChI=1S/C11H15NO5S/c1-12-4-8(5-12)6-18(15,16)7-9-2-3-10(17-9)11(13)14/h2-3,8H,4-7H2,1H3,(H,13,14). The molecule has 18 heavy (non-hydrogen) atoms. The third-order valence-corrected chi connectivity index (χ3v) is 4.57. The minimum Gasteiger partial charge on any atom is -0.475 e. The van der Waals surface area contributed by atoms with Gasteiger partial charge in [0.15, 0.2) is 9.84 Å². The molecule has 7 heteroatoms. The van der Waals surface area contributed by atoms with Crippen molar-refractivity contribution in [1.82, 2.24) is 4.90 Å². The Kier molecular flexibility index (Phi) is 3.45. The molecule has 6 nitrogen and oxygen atoms in total. The van der Waals surface area contributed by atoms with Crippen molar-refractivity contribution >= 4 is 15.8 Å². The molecular formula is C11H15NO5S. The fourth-order valence-electron chi connectivity index (χ4n) is 2.14. The second-order valence-electron chi connectivity index (χ2n) is 4.71. The van der Waals surface area contributed by atoms with E-state index in [4.69, 9.17) is 9.52 Å². The lowest BCUT2D eigenvalue weighted by Gasteiger charge is -2.35. The van der Waals surface area contributed by atoms with Gasteiger partial charge in [-0.2, -0.15) is 0 Å². The summed E-state index contributed by atoms with van der Waals surface area (Å²) in [6.45, 7) is 1.58. The minimum atomic E-state index is -3.24. The second-order valence-corrected chi connectivity index (χ2v) is 6.82. The number of carboxylic acid groups (broad SMARTS) is 1. The number of sulfone groups is 1. The summed E-state index contributed by atoms with van der Waals surface area (Å²) < 4.78 is 28.7. The van der Waals surface area contributed by atoms with Crippen molar-refractivity contribution in [2.75, 3.05) is 25.9 Å². The maximum absolute atomic E-state index is 11.9. The van der Waals surface area contributed by atoms with Crippen molar-refractivity contribution < 1.29 is 22.7 Å². The van der Waals surface area contributed by atoms with Crippen LogP contribution in [0.25, 0.3) is 0 Å². The van der Waals surface area contributed by atoms with Crippen LogP contribution in [0.2, 0.25) is 0 Å². The molecule has 0 unspecified atom stereocenters. The highest BCUT2D eigenvalue weighted by Gasteiger charge is 2.29. The predicted molar refractivity (Wildman–Crippen MR) is 64.1 cm³/mol. The van der Waals surface area contributed by atoms with Crippen LogP contribution in [0.15, 0.2) is 16.5 Å². The van der Waals surface area contributed by atoms with Crippen LogP contribution in [0.4, 0.5) is 0 Å². The predicted octanol–water partition coefficient (Wildman–Crippen LogP) is 0.454. The van der Waals surface area contributed by atoms with Crippen molar-refractivity contribution in [3.05, 3.63) is 23.7 Å². The van der Waals surface area contributed by atoms with Gasteiger partial charge in [0.1, 0.15) is 11.5 Å². The second kappa shape index (κ2) is 4.74. The fraction of sp³-hybridized carbons (Fsp3) is 0.545. The fourth-order valence-corrected chi connectivity index (χ4v) is 3.77. The number of rotatable bonds is 5. The first kappa shape index (κ1) is 13.1. The molecule has 0 bridgehead atoms. The van der Waals surface area contributed by atoms with Crippen molar-refractivity contribution in [1.29, 1.82) is 0 Å². The largest absolute Gasteiger partial charge is 0.475 e. The number of nitrogens with zero attached hydrogens (tertiary/aromatic N) is 1. The molecular weight excluding hydrogens is 258 g/mol. The molecule has 1 aliphatic heterocycles. The topological polar surface area (TPSA) is 87.8 Å². The lowest BCUT2D eigenvalue weighted by atomic mass is 10.0. The van der Waals surface area contributed by atoms with Crippen LogP contribution >= 0.6 is 0 Å². The molecule has 1 saturated heterocycles. The van der Waals surface area contributed by atoms with E-state index in [1.807, 2.05) is 7.05 Å². The summed E-state index contributed by atoms with van der Waals surface area (Å²) in [5.41, 5.74) is 0. The normalized spacial score (nSPS) is 17.6. The molecule has 0 atom stereocenters. The van der Waals surface area contributed by atoms with Gasteiger partial charge >= 0.3 is 5.97 Å². The Morgan fingerprint density at radius 2 is 2.17 bits per heavy atom. The molecule has 1 aromatic rings. The van der Waals surface area contributed by atoms with Crippen molar-refractivity contribution in [2.24, 2.45) is 5.92 Å². The van der Waals surface area contributed by atoms with Gasteiger partial charge in [0, 0.05) is 13.1 Å². The van der Waals surface area contributed by atoms with Crippen LogP contribution in [0.5, 0.6) is 0 Å². The van der Waals surface area contributed by atoms with Crippen LogP contribution in [0, 0.1) is 5.92 Å². The van der Waals surface area contributed by atoms with E-state index in [-0.39, 0.29) is 28.9 Å². The van der Waals surface area contributed by atoms with E-state index in [0.29, 0.717) is 0 Å². The maximum atomic E-state index is 11.9. The molecule has 0 spiro atoms. The van der Waals surface area contributed by atoms with E-state index in [2.05, 4.69) is 4.90 Å². The Morgan fingerprint density at radius 1 is 1.50 bits per heavy atom. The molecule has 2 rings (SSSR count). The monoisotopic (exact) mass is 273 g/mol. The number of aromatic carboxylic acids is 1. The molecule has 0 radical (unpaired) electrons. The molecule has 1 fully saturated rings.